The Morgan fingerprint density at radius 3 is 2.86 bits per heavy atom. The lowest BCUT2D eigenvalue weighted by atomic mass is 10.1. The van der Waals surface area contributed by atoms with Gasteiger partial charge in [-0.15, -0.1) is 5.10 Å². The molecule has 0 saturated carbocycles. The first-order valence-corrected chi connectivity index (χ1v) is 6.55. The Morgan fingerprint density at radius 1 is 1.48 bits per heavy atom. The van der Waals surface area contributed by atoms with Gasteiger partial charge in [-0.3, -0.25) is 0 Å². The van der Waals surface area contributed by atoms with E-state index in [1.54, 1.807) is 12.1 Å². The molecule has 7 heteroatoms. The van der Waals surface area contributed by atoms with E-state index in [0.717, 1.165) is 6.42 Å². The summed E-state index contributed by atoms with van der Waals surface area (Å²) in [7, 11) is 1.39. The standard InChI is InChI=1S/C14H16FN3O3/c1-3-5-10-13(14(19)20)16-17-18(10)8-9-6-4-7-11(21-2)12(9)15/h4,6-7H,3,5,8H2,1-2H3,(H,19,20). The fraction of sp³-hybridized carbons (Fsp3) is 0.357. The molecule has 2 aromatic rings. The summed E-state index contributed by atoms with van der Waals surface area (Å²) in [4.78, 5) is 11.1. The van der Waals surface area contributed by atoms with E-state index < -0.39 is 11.8 Å². The number of aromatic nitrogens is 3. The van der Waals surface area contributed by atoms with Gasteiger partial charge >= 0.3 is 5.97 Å². The molecule has 0 atom stereocenters. The third-order valence-electron chi connectivity index (χ3n) is 3.11. The fourth-order valence-corrected chi connectivity index (χ4v) is 2.11. The molecular weight excluding hydrogens is 277 g/mol. The molecule has 1 aromatic heterocycles. The fourth-order valence-electron chi connectivity index (χ4n) is 2.11. The van der Waals surface area contributed by atoms with Crippen molar-refractivity contribution in [1.82, 2.24) is 15.0 Å². The predicted molar refractivity (Wildman–Crippen MR) is 73.0 cm³/mol. The number of nitrogens with zero attached hydrogens (tertiary/aromatic N) is 3. The lowest BCUT2D eigenvalue weighted by Crippen LogP contribution is -2.10. The number of carbonyl (C=O) groups is 1. The van der Waals surface area contributed by atoms with E-state index in [-0.39, 0.29) is 18.0 Å². The van der Waals surface area contributed by atoms with Crippen LogP contribution in [0.3, 0.4) is 0 Å². The van der Waals surface area contributed by atoms with Crippen molar-refractivity contribution in [1.29, 1.82) is 0 Å². The summed E-state index contributed by atoms with van der Waals surface area (Å²) < 4.78 is 20.5. The average Bonchev–Trinajstić information content (AvgIpc) is 2.85. The summed E-state index contributed by atoms with van der Waals surface area (Å²) in [6.07, 6.45) is 1.26. The molecule has 0 aliphatic rings. The largest absolute Gasteiger partial charge is 0.494 e. The maximum Gasteiger partial charge on any atom is 0.358 e. The summed E-state index contributed by atoms with van der Waals surface area (Å²) in [6.45, 7) is 2.04. The molecule has 0 aliphatic carbocycles. The third kappa shape index (κ3) is 3.01. The van der Waals surface area contributed by atoms with Gasteiger partial charge in [0.15, 0.2) is 17.3 Å². The summed E-state index contributed by atoms with van der Waals surface area (Å²) >= 11 is 0. The highest BCUT2D eigenvalue weighted by atomic mass is 19.1. The van der Waals surface area contributed by atoms with Crippen LogP contribution in [0.5, 0.6) is 5.75 Å². The van der Waals surface area contributed by atoms with E-state index in [1.807, 2.05) is 6.92 Å². The third-order valence-corrected chi connectivity index (χ3v) is 3.11. The van der Waals surface area contributed by atoms with Gasteiger partial charge < -0.3 is 9.84 Å². The van der Waals surface area contributed by atoms with Crippen LogP contribution in [0.25, 0.3) is 0 Å². The van der Waals surface area contributed by atoms with Gasteiger partial charge in [0.25, 0.3) is 0 Å². The molecule has 21 heavy (non-hydrogen) atoms. The maximum absolute atomic E-state index is 14.1. The van der Waals surface area contributed by atoms with Crippen molar-refractivity contribution in [3.63, 3.8) is 0 Å². The number of carboxylic acid groups (broad SMARTS) is 1. The van der Waals surface area contributed by atoms with Crippen LogP contribution in [0.4, 0.5) is 4.39 Å². The molecule has 0 aliphatic heterocycles. The molecule has 0 unspecified atom stereocenters. The number of methoxy groups -OCH3 is 1. The second kappa shape index (κ2) is 6.34. The molecule has 2 rings (SSSR count). The van der Waals surface area contributed by atoms with E-state index in [9.17, 15) is 9.18 Å². The number of aromatic carboxylic acids is 1. The number of rotatable bonds is 6. The van der Waals surface area contributed by atoms with Crippen molar-refractivity contribution in [3.8, 4) is 5.75 Å². The van der Waals surface area contributed by atoms with E-state index in [1.165, 1.54) is 17.9 Å². The van der Waals surface area contributed by atoms with Gasteiger partial charge in [-0.1, -0.05) is 30.7 Å². The zero-order chi connectivity index (χ0) is 15.4. The van der Waals surface area contributed by atoms with Gasteiger partial charge in [0, 0.05) is 5.56 Å². The van der Waals surface area contributed by atoms with Gasteiger partial charge in [0.05, 0.1) is 19.3 Å². The minimum Gasteiger partial charge on any atom is -0.494 e. The highest BCUT2D eigenvalue weighted by Crippen LogP contribution is 2.21. The predicted octanol–water partition coefficient (Wildman–Crippen LogP) is 2.12. The Labute approximate surface area is 121 Å². The van der Waals surface area contributed by atoms with Crippen molar-refractivity contribution in [2.45, 2.75) is 26.3 Å². The molecule has 0 bridgehead atoms. The zero-order valence-corrected chi connectivity index (χ0v) is 11.8. The lowest BCUT2D eigenvalue weighted by Gasteiger charge is -2.09. The van der Waals surface area contributed by atoms with Crippen molar-refractivity contribution in [3.05, 3.63) is 41.0 Å². The van der Waals surface area contributed by atoms with Crippen molar-refractivity contribution in [2.75, 3.05) is 7.11 Å². The summed E-state index contributed by atoms with van der Waals surface area (Å²) in [5, 5.41) is 16.6. The Morgan fingerprint density at radius 2 is 2.24 bits per heavy atom. The van der Waals surface area contributed by atoms with Crippen LogP contribution >= 0.6 is 0 Å². The van der Waals surface area contributed by atoms with Gasteiger partial charge in [0.1, 0.15) is 0 Å². The van der Waals surface area contributed by atoms with E-state index in [2.05, 4.69) is 10.3 Å². The number of hydrogen-bond donors (Lipinski definition) is 1. The summed E-state index contributed by atoms with van der Waals surface area (Å²) in [5.41, 5.74) is 0.779. The SMILES string of the molecule is CCCc1c(C(=O)O)nnn1Cc1cccc(OC)c1F. The van der Waals surface area contributed by atoms with E-state index in [0.29, 0.717) is 17.7 Å². The quantitative estimate of drug-likeness (QED) is 0.882. The topological polar surface area (TPSA) is 77.2 Å². The number of halogens is 1. The van der Waals surface area contributed by atoms with Crippen LogP contribution in [0.15, 0.2) is 18.2 Å². The Balaban J connectivity index is 2.38. The minimum atomic E-state index is -1.13. The first-order valence-electron chi connectivity index (χ1n) is 6.55. The average molecular weight is 293 g/mol. The molecule has 1 heterocycles. The molecule has 0 spiro atoms. The van der Waals surface area contributed by atoms with Crippen molar-refractivity contribution < 1.29 is 19.0 Å². The van der Waals surface area contributed by atoms with Crippen LogP contribution in [0.1, 0.15) is 35.1 Å². The molecule has 112 valence electrons. The summed E-state index contributed by atoms with van der Waals surface area (Å²) in [6, 6.07) is 4.80. The van der Waals surface area contributed by atoms with Gasteiger partial charge in [-0.05, 0) is 12.5 Å². The van der Waals surface area contributed by atoms with Gasteiger partial charge in [-0.25, -0.2) is 13.9 Å². The smallest absolute Gasteiger partial charge is 0.358 e. The van der Waals surface area contributed by atoms with Crippen LogP contribution in [-0.4, -0.2) is 33.2 Å². The first kappa shape index (κ1) is 15.0. The van der Waals surface area contributed by atoms with Crippen LogP contribution in [-0.2, 0) is 13.0 Å². The number of ether oxygens (including phenoxy) is 1. The second-order valence-corrected chi connectivity index (χ2v) is 4.53. The van der Waals surface area contributed by atoms with Gasteiger partial charge in [-0.2, -0.15) is 0 Å². The Kier molecular flexibility index (Phi) is 4.52. The molecule has 1 aromatic carbocycles. The minimum absolute atomic E-state index is 0.0832. The zero-order valence-electron chi connectivity index (χ0n) is 11.8. The second-order valence-electron chi connectivity index (χ2n) is 4.53. The molecule has 0 saturated heterocycles. The van der Waals surface area contributed by atoms with Crippen LogP contribution in [0.2, 0.25) is 0 Å². The number of hydrogen-bond acceptors (Lipinski definition) is 4. The normalized spacial score (nSPS) is 10.6. The van der Waals surface area contributed by atoms with Crippen molar-refractivity contribution in [2.24, 2.45) is 0 Å². The van der Waals surface area contributed by atoms with Crippen LogP contribution in [0, 0.1) is 5.82 Å². The highest BCUT2D eigenvalue weighted by molar-refractivity contribution is 5.86. The van der Waals surface area contributed by atoms with E-state index >= 15 is 0 Å². The molecule has 0 amide bonds. The monoisotopic (exact) mass is 293 g/mol. The lowest BCUT2D eigenvalue weighted by molar-refractivity contribution is 0.0689. The van der Waals surface area contributed by atoms with Gasteiger partial charge in [0.2, 0.25) is 0 Å². The number of carboxylic acids is 1. The molecule has 1 N–H and O–H groups in total. The highest BCUT2D eigenvalue weighted by Gasteiger charge is 2.19. The Bertz CT molecular complexity index is 655. The molecule has 0 radical (unpaired) electrons. The van der Waals surface area contributed by atoms with Crippen LogP contribution < -0.4 is 4.74 Å². The molecular formula is C14H16FN3O3. The first-order chi connectivity index (χ1) is 10.1. The molecule has 0 fully saturated rings. The summed E-state index contributed by atoms with van der Waals surface area (Å²) in [5.74, 6) is -1.46. The Hall–Kier alpha value is -2.44. The number of benzene rings is 1. The van der Waals surface area contributed by atoms with E-state index in [4.69, 9.17) is 9.84 Å². The maximum atomic E-state index is 14.1. The molecule has 6 nitrogen and oxygen atoms in total. The van der Waals surface area contributed by atoms with Crippen molar-refractivity contribution >= 4 is 5.97 Å².